The third kappa shape index (κ3) is 7.71. The average molecular weight is 499 g/mol. The zero-order chi connectivity index (χ0) is 18.7. The number of hydrogen-bond donors (Lipinski definition) is 1. The molecule has 3 rings (SSSR count). The van der Waals surface area contributed by atoms with Gasteiger partial charge in [-0.15, -0.1) is 24.0 Å². The van der Waals surface area contributed by atoms with Crippen molar-refractivity contribution in [1.29, 1.82) is 0 Å². The zero-order valence-corrected chi connectivity index (χ0v) is 18.7. The first-order valence-electron chi connectivity index (χ1n) is 9.62. The number of halogens is 1. The molecule has 1 aliphatic rings. The lowest BCUT2D eigenvalue weighted by molar-refractivity contribution is 0.117. The molecule has 1 saturated heterocycles. The van der Waals surface area contributed by atoms with E-state index in [1.165, 1.54) is 0 Å². The highest BCUT2D eigenvalue weighted by Crippen LogP contribution is 2.12. The van der Waals surface area contributed by atoms with Crippen molar-refractivity contribution in [3.8, 4) is 5.75 Å². The number of furan rings is 1. The van der Waals surface area contributed by atoms with Crippen LogP contribution in [0.1, 0.15) is 18.6 Å². The summed E-state index contributed by atoms with van der Waals surface area (Å²) < 4.78 is 16.9. The number of rotatable bonds is 9. The molecule has 0 saturated carbocycles. The van der Waals surface area contributed by atoms with Crippen LogP contribution in [-0.4, -0.2) is 56.9 Å². The van der Waals surface area contributed by atoms with Crippen molar-refractivity contribution >= 4 is 29.9 Å². The van der Waals surface area contributed by atoms with Gasteiger partial charge in [0.2, 0.25) is 0 Å². The zero-order valence-electron chi connectivity index (χ0n) is 16.4. The fraction of sp³-hybridized carbons (Fsp3) is 0.476. The summed E-state index contributed by atoms with van der Waals surface area (Å²) in [7, 11) is 2.03. The van der Waals surface area contributed by atoms with E-state index in [-0.39, 0.29) is 30.1 Å². The van der Waals surface area contributed by atoms with Crippen molar-refractivity contribution in [1.82, 2.24) is 10.2 Å². The summed E-state index contributed by atoms with van der Waals surface area (Å²) in [5.74, 6) is 2.72. The van der Waals surface area contributed by atoms with E-state index in [9.17, 15) is 0 Å². The Labute approximate surface area is 184 Å². The largest absolute Gasteiger partial charge is 0.492 e. The van der Waals surface area contributed by atoms with Gasteiger partial charge in [0.1, 0.15) is 18.1 Å². The summed E-state index contributed by atoms with van der Waals surface area (Å²) in [6.07, 6.45) is 4.97. The first-order chi connectivity index (χ1) is 13.3. The Balaban J connectivity index is 0.00000280. The topological polar surface area (TPSA) is 59.2 Å². The second-order valence-corrected chi connectivity index (χ2v) is 6.64. The van der Waals surface area contributed by atoms with Crippen LogP contribution in [0.15, 0.2) is 58.1 Å². The lowest BCUT2D eigenvalue weighted by Crippen LogP contribution is -2.42. The Kier molecular flexibility index (Phi) is 10.2. The molecular formula is C21H30IN3O3. The van der Waals surface area contributed by atoms with E-state index in [0.717, 1.165) is 56.4 Å². The highest BCUT2D eigenvalue weighted by Gasteiger charge is 2.16. The van der Waals surface area contributed by atoms with Crippen molar-refractivity contribution < 1.29 is 13.9 Å². The van der Waals surface area contributed by atoms with Gasteiger partial charge in [-0.3, -0.25) is 4.99 Å². The van der Waals surface area contributed by atoms with Gasteiger partial charge in [0.05, 0.1) is 25.5 Å². The fourth-order valence-electron chi connectivity index (χ4n) is 2.96. The number of aliphatic imine (C=N–C) groups is 1. The molecule has 2 aromatic rings. The van der Waals surface area contributed by atoms with Crippen LogP contribution in [0, 0.1) is 0 Å². The van der Waals surface area contributed by atoms with E-state index in [2.05, 4.69) is 10.2 Å². The molecule has 0 radical (unpaired) electrons. The van der Waals surface area contributed by atoms with Crippen LogP contribution < -0.4 is 10.1 Å². The maximum absolute atomic E-state index is 5.80. The highest BCUT2D eigenvalue weighted by atomic mass is 127. The van der Waals surface area contributed by atoms with E-state index in [4.69, 9.17) is 18.9 Å². The highest BCUT2D eigenvalue weighted by molar-refractivity contribution is 14.0. The fourth-order valence-corrected chi connectivity index (χ4v) is 2.96. The molecule has 1 aromatic carbocycles. The van der Waals surface area contributed by atoms with Gasteiger partial charge >= 0.3 is 0 Å². The molecule has 1 atom stereocenters. The van der Waals surface area contributed by atoms with Crippen LogP contribution in [0.4, 0.5) is 0 Å². The number of nitrogens with one attached hydrogen (secondary N) is 1. The number of benzene rings is 1. The molecule has 1 aliphatic heterocycles. The summed E-state index contributed by atoms with van der Waals surface area (Å²) in [6, 6.07) is 13.8. The van der Waals surface area contributed by atoms with Gasteiger partial charge in [-0.05, 0) is 37.1 Å². The van der Waals surface area contributed by atoms with E-state index in [1.54, 1.807) is 6.26 Å². The van der Waals surface area contributed by atoms with Crippen LogP contribution in [0.25, 0.3) is 0 Å². The van der Waals surface area contributed by atoms with Crippen LogP contribution in [-0.2, 0) is 11.2 Å². The van der Waals surface area contributed by atoms with E-state index < -0.39 is 0 Å². The Morgan fingerprint density at radius 2 is 2.11 bits per heavy atom. The predicted octanol–water partition coefficient (Wildman–Crippen LogP) is 3.58. The Bertz CT molecular complexity index is 673. The molecule has 154 valence electrons. The van der Waals surface area contributed by atoms with Crippen molar-refractivity contribution in [2.45, 2.75) is 25.4 Å². The van der Waals surface area contributed by atoms with Crippen LogP contribution in [0.2, 0.25) is 0 Å². The monoisotopic (exact) mass is 499 g/mol. The molecule has 0 aliphatic carbocycles. The molecule has 1 fully saturated rings. The molecule has 6 nitrogen and oxygen atoms in total. The maximum atomic E-state index is 5.80. The second-order valence-electron chi connectivity index (χ2n) is 6.64. The predicted molar refractivity (Wildman–Crippen MR) is 122 cm³/mol. The van der Waals surface area contributed by atoms with Gasteiger partial charge in [0.15, 0.2) is 5.96 Å². The van der Waals surface area contributed by atoms with Gasteiger partial charge in [-0.25, -0.2) is 0 Å². The summed E-state index contributed by atoms with van der Waals surface area (Å²) in [6.45, 7) is 3.64. The number of hydrogen-bond acceptors (Lipinski definition) is 4. The number of ether oxygens (including phenoxy) is 2. The van der Waals surface area contributed by atoms with E-state index in [1.807, 2.05) is 49.5 Å². The molecule has 1 aromatic heterocycles. The third-order valence-electron chi connectivity index (χ3n) is 4.50. The number of para-hydroxylation sites is 1. The summed E-state index contributed by atoms with van der Waals surface area (Å²) in [5, 5.41) is 3.44. The average Bonchev–Trinajstić information content (AvgIpc) is 3.39. The quantitative estimate of drug-likeness (QED) is 0.325. The minimum absolute atomic E-state index is 0. The molecule has 2 heterocycles. The first-order valence-corrected chi connectivity index (χ1v) is 9.62. The van der Waals surface area contributed by atoms with Gasteiger partial charge in [0.25, 0.3) is 0 Å². The van der Waals surface area contributed by atoms with Gasteiger partial charge in [0, 0.05) is 26.6 Å². The number of nitrogens with zero attached hydrogens (tertiary/aromatic N) is 2. The normalized spacial score (nSPS) is 16.5. The molecule has 0 amide bonds. The molecule has 0 spiro atoms. The van der Waals surface area contributed by atoms with Crippen LogP contribution in [0.3, 0.4) is 0 Å². The lowest BCUT2D eigenvalue weighted by atomic mass is 10.2. The standard InChI is InChI=1S/C21H29N3O3.HI/c1-24(13-16-27-18-7-3-2-4-8-18)21(23-17-20-10-6-15-26-20)22-12-11-19-9-5-14-25-19;/h2-5,7-9,14,20H,6,10-13,15-17H2,1H3,(H,22,23);1H. The second kappa shape index (κ2) is 12.7. The molecule has 1 N–H and O–H groups in total. The van der Waals surface area contributed by atoms with E-state index in [0.29, 0.717) is 13.2 Å². The molecule has 7 heteroatoms. The number of guanidine groups is 1. The minimum atomic E-state index is 0. The minimum Gasteiger partial charge on any atom is -0.492 e. The molecule has 0 bridgehead atoms. The summed E-state index contributed by atoms with van der Waals surface area (Å²) in [5.41, 5.74) is 0. The smallest absolute Gasteiger partial charge is 0.193 e. The first kappa shape index (κ1) is 22.5. The Hall–Kier alpha value is -1.74. The number of likely N-dealkylation sites (N-methyl/N-ethyl adjacent to an activating group) is 1. The summed E-state index contributed by atoms with van der Waals surface area (Å²) in [4.78, 5) is 6.87. The van der Waals surface area contributed by atoms with Gasteiger partial charge < -0.3 is 24.1 Å². The maximum Gasteiger partial charge on any atom is 0.193 e. The SMILES string of the molecule is CN(CCOc1ccccc1)C(=NCC1CCCO1)NCCc1ccco1.I. The Morgan fingerprint density at radius 3 is 2.82 bits per heavy atom. The molecular weight excluding hydrogens is 469 g/mol. The van der Waals surface area contributed by atoms with Crippen molar-refractivity contribution in [2.75, 3.05) is 39.9 Å². The molecule has 1 unspecified atom stereocenters. The Morgan fingerprint density at radius 1 is 1.25 bits per heavy atom. The van der Waals surface area contributed by atoms with Crippen molar-refractivity contribution in [3.63, 3.8) is 0 Å². The van der Waals surface area contributed by atoms with Crippen LogP contribution >= 0.6 is 24.0 Å². The van der Waals surface area contributed by atoms with Crippen LogP contribution in [0.5, 0.6) is 5.75 Å². The van der Waals surface area contributed by atoms with Crippen molar-refractivity contribution in [2.24, 2.45) is 4.99 Å². The van der Waals surface area contributed by atoms with E-state index >= 15 is 0 Å². The third-order valence-corrected chi connectivity index (χ3v) is 4.50. The molecule has 28 heavy (non-hydrogen) atoms. The van der Waals surface area contributed by atoms with Gasteiger partial charge in [-0.2, -0.15) is 0 Å². The van der Waals surface area contributed by atoms with Crippen molar-refractivity contribution in [3.05, 3.63) is 54.5 Å². The van der Waals surface area contributed by atoms with Gasteiger partial charge in [-0.1, -0.05) is 18.2 Å². The lowest BCUT2D eigenvalue weighted by Gasteiger charge is -2.23. The summed E-state index contributed by atoms with van der Waals surface area (Å²) >= 11 is 0.